The van der Waals surface area contributed by atoms with Gasteiger partial charge in [0.15, 0.2) is 0 Å². The van der Waals surface area contributed by atoms with Crippen molar-refractivity contribution in [1.82, 2.24) is 10.2 Å². The predicted octanol–water partition coefficient (Wildman–Crippen LogP) is 6.24. The molecule has 0 spiro atoms. The standard InChI is InChI=1S/C25H30Cl2N2O/c1-4-7-19-15-23(18-8-6-9-21(27)14-18)24(17-10-12-20(26)13-11-17)29(25(19)30)22(5-2)16-28-3/h4,6,8-14,19,22-24,28H,1,5,7,15-16H2,2-3H3/t19?,22?,23-,24?/m1/s1. The number of carbonyl (C=O) groups is 1. The molecular weight excluding hydrogens is 415 g/mol. The first-order chi connectivity index (χ1) is 14.5. The lowest BCUT2D eigenvalue weighted by Crippen LogP contribution is -2.53. The first-order valence-electron chi connectivity index (χ1n) is 10.6. The molecule has 5 heteroatoms. The van der Waals surface area contributed by atoms with E-state index in [9.17, 15) is 4.79 Å². The van der Waals surface area contributed by atoms with Crippen molar-refractivity contribution in [3.63, 3.8) is 0 Å². The van der Waals surface area contributed by atoms with Gasteiger partial charge in [0.05, 0.1) is 6.04 Å². The lowest BCUT2D eigenvalue weighted by Gasteiger charge is -2.48. The molecule has 1 amide bonds. The third-order valence-electron chi connectivity index (χ3n) is 6.07. The monoisotopic (exact) mass is 444 g/mol. The minimum absolute atomic E-state index is 0.0763. The molecular formula is C25H30Cl2N2O. The van der Waals surface area contributed by atoms with Gasteiger partial charge >= 0.3 is 0 Å². The Kier molecular flexibility index (Phi) is 7.99. The molecule has 0 aromatic heterocycles. The summed E-state index contributed by atoms with van der Waals surface area (Å²) in [4.78, 5) is 15.8. The van der Waals surface area contributed by atoms with Crippen molar-refractivity contribution in [3.8, 4) is 0 Å². The lowest BCUT2D eigenvalue weighted by atomic mass is 9.74. The highest BCUT2D eigenvalue weighted by molar-refractivity contribution is 6.30. The summed E-state index contributed by atoms with van der Waals surface area (Å²) in [7, 11) is 1.93. The number of hydrogen-bond acceptors (Lipinski definition) is 2. The summed E-state index contributed by atoms with van der Waals surface area (Å²) in [6.45, 7) is 6.78. The Morgan fingerprint density at radius 1 is 1.17 bits per heavy atom. The number of halogens is 2. The van der Waals surface area contributed by atoms with Crippen molar-refractivity contribution < 1.29 is 4.79 Å². The van der Waals surface area contributed by atoms with Crippen molar-refractivity contribution in [2.75, 3.05) is 13.6 Å². The Morgan fingerprint density at radius 2 is 1.90 bits per heavy atom. The van der Waals surface area contributed by atoms with Crippen LogP contribution in [0.15, 0.2) is 61.2 Å². The Balaban J connectivity index is 2.16. The van der Waals surface area contributed by atoms with Crippen LogP contribution in [0.3, 0.4) is 0 Å². The number of likely N-dealkylation sites (N-methyl/N-ethyl adjacent to an activating group) is 1. The van der Waals surface area contributed by atoms with E-state index in [0.29, 0.717) is 16.5 Å². The summed E-state index contributed by atoms with van der Waals surface area (Å²) in [5.74, 6) is 0.259. The van der Waals surface area contributed by atoms with E-state index in [2.05, 4.69) is 29.8 Å². The second-order valence-corrected chi connectivity index (χ2v) is 8.85. The van der Waals surface area contributed by atoms with Crippen molar-refractivity contribution in [3.05, 3.63) is 82.4 Å². The quantitative estimate of drug-likeness (QED) is 0.488. The second-order valence-electron chi connectivity index (χ2n) is 7.98. The van der Waals surface area contributed by atoms with Gasteiger partial charge in [0.25, 0.3) is 0 Å². The number of hydrogen-bond donors (Lipinski definition) is 1. The summed E-state index contributed by atoms with van der Waals surface area (Å²) >= 11 is 12.5. The van der Waals surface area contributed by atoms with Gasteiger partial charge in [-0.15, -0.1) is 6.58 Å². The number of allylic oxidation sites excluding steroid dienone is 1. The highest BCUT2D eigenvalue weighted by atomic mass is 35.5. The van der Waals surface area contributed by atoms with Crippen LogP contribution in [0.4, 0.5) is 0 Å². The lowest BCUT2D eigenvalue weighted by molar-refractivity contribution is -0.146. The van der Waals surface area contributed by atoms with Gasteiger partial charge in [-0.2, -0.15) is 0 Å². The summed E-state index contributed by atoms with van der Waals surface area (Å²) in [6.07, 6.45) is 4.18. The van der Waals surface area contributed by atoms with Gasteiger partial charge in [-0.25, -0.2) is 0 Å². The Hall–Kier alpha value is -1.81. The highest BCUT2D eigenvalue weighted by Crippen LogP contribution is 2.47. The van der Waals surface area contributed by atoms with E-state index in [0.717, 1.165) is 30.5 Å². The molecule has 1 N–H and O–H groups in total. The second kappa shape index (κ2) is 10.5. The molecule has 1 heterocycles. The minimum atomic E-state index is -0.0825. The molecule has 3 unspecified atom stereocenters. The zero-order chi connectivity index (χ0) is 21.7. The van der Waals surface area contributed by atoms with Crippen LogP contribution in [0, 0.1) is 5.92 Å². The molecule has 3 nitrogen and oxygen atoms in total. The summed E-state index contributed by atoms with van der Waals surface area (Å²) < 4.78 is 0. The van der Waals surface area contributed by atoms with Crippen LogP contribution in [-0.4, -0.2) is 30.4 Å². The zero-order valence-electron chi connectivity index (χ0n) is 17.7. The van der Waals surface area contributed by atoms with Gasteiger partial charge in [0, 0.05) is 34.5 Å². The molecule has 0 saturated carbocycles. The number of nitrogens with zero attached hydrogens (tertiary/aromatic N) is 1. The molecule has 1 saturated heterocycles. The number of carbonyl (C=O) groups excluding carboxylic acids is 1. The molecule has 160 valence electrons. The van der Waals surface area contributed by atoms with E-state index in [1.807, 2.05) is 55.6 Å². The molecule has 3 rings (SSSR count). The maximum absolute atomic E-state index is 13.7. The van der Waals surface area contributed by atoms with Gasteiger partial charge in [0.1, 0.15) is 0 Å². The van der Waals surface area contributed by atoms with E-state index in [1.54, 1.807) is 0 Å². The van der Waals surface area contributed by atoms with Gasteiger partial charge in [-0.05, 0) is 61.7 Å². The summed E-state index contributed by atoms with van der Waals surface area (Å²) in [6, 6.07) is 16.0. The van der Waals surface area contributed by atoms with Crippen molar-refractivity contribution in [2.45, 2.75) is 44.2 Å². The van der Waals surface area contributed by atoms with Gasteiger partial charge in [-0.1, -0.05) is 60.5 Å². The van der Waals surface area contributed by atoms with Gasteiger partial charge in [-0.3, -0.25) is 4.79 Å². The number of benzene rings is 2. The van der Waals surface area contributed by atoms with Crippen LogP contribution < -0.4 is 5.32 Å². The fraction of sp³-hybridized carbons (Fsp3) is 0.400. The topological polar surface area (TPSA) is 32.3 Å². The van der Waals surface area contributed by atoms with Crippen LogP contribution in [0.5, 0.6) is 0 Å². The normalized spacial score (nSPS) is 22.7. The van der Waals surface area contributed by atoms with Crippen LogP contribution in [0.2, 0.25) is 10.0 Å². The van der Waals surface area contributed by atoms with Crippen molar-refractivity contribution in [2.24, 2.45) is 5.92 Å². The van der Waals surface area contributed by atoms with E-state index in [4.69, 9.17) is 23.2 Å². The van der Waals surface area contributed by atoms with E-state index >= 15 is 0 Å². The van der Waals surface area contributed by atoms with E-state index in [1.165, 1.54) is 0 Å². The predicted molar refractivity (Wildman–Crippen MR) is 126 cm³/mol. The highest BCUT2D eigenvalue weighted by Gasteiger charge is 2.44. The van der Waals surface area contributed by atoms with Gasteiger partial charge < -0.3 is 10.2 Å². The van der Waals surface area contributed by atoms with Crippen LogP contribution in [-0.2, 0) is 4.79 Å². The van der Waals surface area contributed by atoms with E-state index in [-0.39, 0.29) is 29.8 Å². The van der Waals surface area contributed by atoms with Crippen molar-refractivity contribution >= 4 is 29.1 Å². The fourth-order valence-electron chi connectivity index (χ4n) is 4.67. The first-order valence-corrected chi connectivity index (χ1v) is 11.3. The van der Waals surface area contributed by atoms with Crippen LogP contribution in [0.25, 0.3) is 0 Å². The maximum Gasteiger partial charge on any atom is 0.226 e. The molecule has 1 aliphatic rings. The first kappa shape index (κ1) is 22.9. The molecule has 2 aromatic rings. The molecule has 30 heavy (non-hydrogen) atoms. The molecule has 0 radical (unpaired) electrons. The third-order valence-corrected chi connectivity index (χ3v) is 6.55. The van der Waals surface area contributed by atoms with Crippen LogP contribution in [0.1, 0.15) is 49.3 Å². The number of amides is 1. The molecule has 2 aromatic carbocycles. The third kappa shape index (κ3) is 4.91. The molecule has 0 aliphatic carbocycles. The smallest absolute Gasteiger partial charge is 0.226 e. The molecule has 1 aliphatic heterocycles. The number of piperidine rings is 1. The fourth-order valence-corrected chi connectivity index (χ4v) is 4.99. The minimum Gasteiger partial charge on any atom is -0.331 e. The number of likely N-dealkylation sites (tertiary alicyclic amines) is 1. The average molecular weight is 445 g/mol. The van der Waals surface area contributed by atoms with Crippen LogP contribution >= 0.6 is 23.2 Å². The Labute approximate surface area is 190 Å². The molecule has 1 fully saturated rings. The number of nitrogens with one attached hydrogen (secondary N) is 1. The van der Waals surface area contributed by atoms with Gasteiger partial charge in [0.2, 0.25) is 5.91 Å². The average Bonchev–Trinajstić information content (AvgIpc) is 2.74. The van der Waals surface area contributed by atoms with E-state index < -0.39 is 0 Å². The number of rotatable bonds is 8. The largest absolute Gasteiger partial charge is 0.331 e. The maximum atomic E-state index is 13.7. The SMILES string of the molecule is C=CCC1C[C@H](c2cccc(Cl)c2)C(c2ccc(Cl)cc2)N(C(CC)CNC)C1=O. The molecule has 0 bridgehead atoms. The summed E-state index contributed by atoms with van der Waals surface area (Å²) in [5, 5.41) is 4.68. The Bertz CT molecular complexity index is 868. The zero-order valence-corrected chi connectivity index (χ0v) is 19.2. The van der Waals surface area contributed by atoms with Crippen molar-refractivity contribution in [1.29, 1.82) is 0 Å². The molecule has 4 atom stereocenters. The Morgan fingerprint density at radius 3 is 2.50 bits per heavy atom. The summed E-state index contributed by atoms with van der Waals surface area (Å²) in [5.41, 5.74) is 2.26.